The van der Waals surface area contributed by atoms with Crippen molar-refractivity contribution in [2.24, 2.45) is 0 Å². The molecular formula is C7H5ClNO2-. The van der Waals surface area contributed by atoms with Crippen molar-refractivity contribution in [2.75, 3.05) is 5.73 Å². The minimum Gasteiger partial charge on any atom is -0.545 e. The molecule has 11 heavy (non-hydrogen) atoms. The Balaban J connectivity index is 3.20. The molecule has 1 aromatic rings. The molecule has 58 valence electrons. The van der Waals surface area contributed by atoms with Crippen LogP contribution in [0.5, 0.6) is 0 Å². The summed E-state index contributed by atoms with van der Waals surface area (Å²) < 4.78 is 0. The summed E-state index contributed by atoms with van der Waals surface area (Å²) in [5.74, 6) is -1.30. The third kappa shape index (κ3) is 1.62. The Morgan fingerprint density at radius 2 is 2.18 bits per heavy atom. The maximum atomic E-state index is 10.3. The Morgan fingerprint density at radius 1 is 1.55 bits per heavy atom. The number of carboxylic acid groups (broad SMARTS) is 1. The molecule has 0 saturated carbocycles. The molecule has 0 radical (unpaired) electrons. The average molecular weight is 171 g/mol. The van der Waals surface area contributed by atoms with Gasteiger partial charge in [-0.25, -0.2) is 0 Å². The minimum absolute atomic E-state index is 0.0409. The molecule has 0 saturated heterocycles. The molecule has 1 rings (SSSR count). The van der Waals surface area contributed by atoms with Crippen LogP contribution in [0.1, 0.15) is 10.4 Å². The molecule has 0 unspecified atom stereocenters. The summed E-state index contributed by atoms with van der Waals surface area (Å²) >= 11 is 5.52. The number of benzene rings is 1. The quantitative estimate of drug-likeness (QED) is 0.616. The second kappa shape index (κ2) is 2.80. The number of aromatic carboxylic acids is 1. The van der Waals surface area contributed by atoms with Crippen LogP contribution in [0.3, 0.4) is 0 Å². The van der Waals surface area contributed by atoms with Gasteiger partial charge >= 0.3 is 0 Å². The zero-order valence-electron chi connectivity index (χ0n) is 5.50. The van der Waals surface area contributed by atoms with Crippen LogP contribution in [0.25, 0.3) is 0 Å². The van der Waals surface area contributed by atoms with Crippen LogP contribution < -0.4 is 10.8 Å². The fraction of sp³-hybridized carbons (Fsp3) is 0. The van der Waals surface area contributed by atoms with Crippen molar-refractivity contribution >= 4 is 23.3 Å². The van der Waals surface area contributed by atoms with Gasteiger partial charge in [0, 0.05) is 11.3 Å². The number of nitrogen functional groups attached to an aromatic ring is 1. The summed E-state index contributed by atoms with van der Waals surface area (Å²) in [5, 5.41) is 10.4. The monoisotopic (exact) mass is 170 g/mol. The molecule has 0 fully saturated rings. The Bertz CT molecular complexity index is 298. The predicted molar refractivity (Wildman–Crippen MR) is 40.2 cm³/mol. The molecule has 4 heteroatoms. The molecule has 3 nitrogen and oxygen atoms in total. The van der Waals surface area contributed by atoms with Crippen molar-refractivity contribution in [3.63, 3.8) is 0 Å². The van der Waals surface area contributed by atoms with Gasteiger partial charge in [-0.15, -0.1) is 0 Å². The van der Waals surface area contributed by atoms with E-state index in [-0.39, 0.29) is 10.6 Å². The minimum atomic E-state index is -1.30. The van der Waals surface area contributed by atoms with E-state index in [1.165, 1.54) is 18.2 Å². The van der Waals surface area contributed by atoms with Gasteiger partial charge in [-0.2, -0.15) is 0 Å². The maximum absolute atomic E-state index is 10.3. The third-order valence-electron chi connectivity index (χ3n) is 1.21. The summed E-state index contributed by atoms with van der Waals surface area (Å²) in [6, 6.07) is 4.14. The van der Waals surface area contributed by atoms with Gasteiger partial charge in [0.2, 0.25) is 0 Å². The van der Waals surface area contributed by atoms with Crippen molar-refractivity contribution in [1.82, 2.24) is 0 Å². The lowest BCUT2D eigenvalue weighted by Gasteiger charge is -2.04. The summed E-state index contributed by atoms with van der Waals surface area (Å²) in [6.45, 7) is 0. The van der Waals surface area contributed by atoms with E-state index in [0.717, 1.165) is 0 Å². The lowest BCUT2D eigenvalue weighted by molar-refractivity contribution is -0.255. The zero-order chi connectivity index (χ0) is 8.43. The lowest BCUT2D eigenvalue weighted by atomic mass is 10.2. The zero-order valence-corrected chi connectivity index (χ0v) is 6.26. The summed E-state index contributed by atoms with van der Waals surface area (Å²) in [5.41, 5.74) is 5.72. The molecule has 0 aliphatic heterocycles. The van der Waals surface area contributed by atoms with Crippen LogP contribution in [0, 0.1) is 0 Å². The number of carboxylic acids is 1. The number of nitrogens with two attached hydrogens (primary N) is 1. The van der Waals surface area contributed by atoms with Gasteiger partial charge in [0.1, 0.15) is 0 Å². The van der Waals surface area contributed by atoms with Crippen LogP contribution in [-0.4, -0.2) is 5.97 Å². The van der Waals surface area contributed by atoms with E-state index >= 15 is 0 Å². The first-order chi connectivity index (χ1) is 5.11. The Kier molecular flexibility index (Phi) is 2.01. The fourth-order valence-corrected chi connectivity index (χ4v) is 0.963. The molecule has 0 amide bonds. The van der Waals surface area contributed by atoms with E-state index in [4.69, 9.17) is 17.3 Å². The Hall–Kier alpha value is -1.22. The largest absolute Gasteiger partial charge is 0.545 e. The first-order valence-electron chi connectivity index (χ1n) is 2.87. The van der Waals surface area contributed by atoms with Crippen molar-refractivity contribution < 1.29 is 9.90 Å². The summed E-state index contributed by atoms with van der Waals surface area (Å²) in [4.78, 5) is 10.3. The molecule has 0 heterocycles. The highest BCUT2D eigenvalue weighted by Gasteiger charge is 1.99. The second-order valence-corrected chi connectivity index (χ2v) is 2.43. The predicted octanol–water partition coefficient (Wildman–Crippen LogP) is 0.286. The SMILES string of the molecule is Nc1ccc(C(=O)[O-])c(Cl)c1. The van der Waals surface area contributed by atoms with Crippen molar-refractivity contribution in [3.05, 3.63) is 28.8 Å². The smallest absolute Gasteiger partial charge is 0.0730 e. The van der Waals surface area contributed by atoms with Gasteiger partial charge in [0.05, 0.1) is 11.0 Å². The standard InChI is InChI=1S/C7H6ClNO2/c8-6-3-4(9)1-2-5(6)7(10)11/h1-3H,9H2,(H,10,11)/p-1. The first kappa shape index (κ1) is 7.88. The van der Waals surface area contributed by atoms with Crippen LogP contribution in [0.4, 0.5) is 5.69 Å². The fourth-order valence-electron chi connectivity index (χ4n) is 0.697. The highest BCUT2D eigenvalue weighted by Crippen LogP contribution is 2.17. The molecule has 1 aromatic carbocycles. The number of hydrogen-bond acceptors (Lipinski definition) is 3. The molecule has 0 bridgehead atoms. The van der Waals surface area contributed by atoms with Crippen LogP contribution in [-0.2, 0) is 0 Å². The molecular weight excluding hydrogens is 166 g/mol. The second-order valence-electron chi connectivity index (χ2n) is 2.03. The molecule has 2 N–H and O–H groups in total. The van der Waals surface area contributed by atoms with Crippen molar-refractivity contribution in [3.8, 4) is 0 Å². The summed E-state index contributed by atoms with van der Waals surface area (Å²) in [6.07, 6.45) is 0. The highest BCUT2D eigenvalue weighted by molar-refractivity contribution is 6.33. The van der Waals surface area contributed by atoms with E-state index in [2.05, 4.69) is 0 Å². The normalized spacial score (nSPS) is 9.55. The van der Waals surface area contributed by atoms with Crippen LogP contribution >= 0.6 is 11.6 Å². The maximum Gasteiger partial charge on any atom is 0.0730 e. The highest BCUT2D eigenvalue weighted by atomic mass is 35.5. The van der Waals surface area contributed by atoms with Crippen molar-refractivity contribution in [2.45, 2.75) is 0 Å². The number of rotatable bonds is 1. The number of carbonyl (C=O) groups is 1. The lowest BCUT2D eigenvalue weighted by Crippen LogP contribution is -2.22. The van der Waals surface area contributed by atoms with E-state index in [9.17, 15) is 9.90 Å². The molecule has 0 spiro atoms. The Labute approximate surface area is 68.4 Å². The van der Waals surface area contributed by atoms with E-state index in [0.29, 0.717) is 5.69 Å². The Morgan fingerprint density at radius 3 is 2.64 bits per heavy atom. The first-order valence-corrected chi connectivity index (χ1v) is 3.25. The topological polar surface area (TPSA) is 66.2 Å². The van der Waals surface area contributed by atoms with E-state index in [1.54, 1.807) is 0 Å². The molecule has 0 atom stereocenters. The van der Waals surface area contributed by atoms with E-state index in [1.807, 2.05) is 0 Å². The average Bonchev–Trinajstić information content (AvgIpc) is 1.85. The number of hydrogen-bond donors (Lipinski definition) is 1. The van der Waals surface area contributed by atoms with Crippen LogP contribution in [0.2, 0.25) is 5.02 Å². The van der Waals surface area contributed by atoms with Gasteiger partial charge in [-0.3, -0.25) is 0 Å². The van der Waals surface area contributed by atoms with Gasteiger partial charge in [0.25, 0.3) is 0 Å². The molecule has 0 aromatic heterocycles. The van der Waals surface area contributed by atoms with Crippen molar-refractivity contribution in [1.29, 1.82) is 0 Å². The van der Waals surface area contributed by atoms with Gasteiger partial charge < -0.3 is 15.6 Å². The molecule has 0 aliphatic carbocycles. The number of halogens is 1. The number of carbonyl (C=O) groups excluding carboxylic acids is 1. The van der Waals surface area contributed by atoms with Crippen LogP contribution in [0.15, 0.2) is 18.2 Å². The van der Waals surface area contributed by atoms with Gasteiger partial charge in [0.15, 0.2) is 0 Å². The molecule has 0 aliphatic rings. The summed E-state index contributed by atoms with van der Waals surface area (Å²) in [7, 11) is 0. The number of anilines is 1. The van der Waals surface area contributed by atoms with Gasteiger partial charge in [-0.05, 0) is 18.2 Å². The van der Waals surface area contributed by atoms with E-state index < -0.39 is 5.97 Å². The third-order valence-corrected chi connectivity index (χ3v) is 1.53. The van der Waals surface area contributed by atoms with Gasteiger partial charge in [-0.1, -0.05) is 11.6 Å².